The average molecular weight is 282 g/mol. The molecule has 106 valence electrons. The molecule has 1 atom stereocenters. The van der Waals surface area contributed by atoms with Gasteiger partial charge in [0, 0.05) is 19.0 Å². The molecule has 4 bridgehead atoms. The topological polar surface area (TPSA) is 20.3 Å². The Labute approximate surface area is 120 Å². The number of nitrogens with zero attached hydrogens (tertiary/aromatic N) is 1. The molecule has 3 heteroatoms. The lowest BCUT2D eigenvalue weighted by Crippen LogP contribution is -2.53. The van der Waals surface area contributed by atoms with Crippen molar-refractivity contribution >= 4 is 17.5 Å². The Morgan fingerprint density at radius 1 is 1.00 bits per heavy atom. The fraction of sp³-hybridized carbons (Fsp3) is 0.938. The minimum Gasteiger partial charge on any atom is -0.341 e. The van der Waals surface area contributed by atoms with Crippen LogP contribution in [0.4, 0.5) is 0 Å². The van der Waals surface area contributed by atoms with Crippen LogP contribution in [0, 0.1) is 29.6 Å². The van der Waals surface area contributed by atoms with Gasteiger partial charge in [0.05, 0.1) is 5.38 Å². The van der Waals surface area contributed by atoms with Gasteiger partial charge in [0.1, 0.15) is 0 Å². The molecule has 0 aromatic carbocycles. The number of piperidine rings is 1. The van der Waals surface area contributed by atoms with E-state index in [1.54, 1.807) is 0 Å². The van der Waals surface area contributed by atoms with Crippen LogP contribution in [0.3, 0.4) is 0 Å². The van der Waals surface area contributed by atoms with E-state index >= 15 is 0 Å². The van der Waals surface area contributed by atoms with Crippen molar-refractivity contribution < 1.29 is 4.79 Å². The van der Waals surface area contributed by atoms with E-state index in [1.807, 2.05) is 0 Å². The first-order valence-electron chi connectivity index (χ1n) is 8.13. The van der Waals surface area contributed by atoms with E-state index in [4.69, 9.17) is 11.6 Å². The quantitative estimate of drug-likeness (QED) is 0.676. The highest BCUT2D eigenvalue weighted by molar-refractivity contribution is 6.20. The van der Waals surface area contributed by atoms with Gasteiger partial charge >= 0.3 is 0 Å². The van der Waals surface area contributed by atoms with Gasteiger partial charge in [0.15, 0.2) is 0 Å². The summed E-state index contributed by atoms with van der Waals surface area (Å²) in [5.74, 6) is 4.13. The summed E-state index contributed by atoms with van der Waals surface area (Å²) in [5, 5.41) is 0.189. The predicted molar refractivity (Wildman–Crippen MR) is 76.0 cm³/mol. The first kappa shape index (κ1) is 12.5. The van der Waals surface area contributed by atoms with E-state index in [1.165, 1.54) is 32.1 Å². The molecule has 1 unspecified atom stereocenters. The number of amides is 1. The van der Waals surface area contributed by atoms with Crippen molar-refractivity contribution in [3.63, 3.8) is 0 Å². The molecule has 0 spiro atoms. The number of rotatable bonds is 1. The molecule has 0 radical (unpaired) electrons. The summed E-state index contributed by atoms with van der Waals surface area (Å²) in [6, 6.07) is 0. The predicted octanol–water partition coefficient (Wildman–Crippen LogP) is 3.29. The number of alkyl halides is 1. The first-order valence-corrected chi connectivity index (χ1v) is 8.57. The number of hydrogen-bond acceptors (Lipinski definition) is 1. The Morgan fingerprint density at radius 3 is 2.21 bits per heavy atom. The molecule has 1 aliphatic heterocycles. The normalized spacial score (nSPS) is 48.6. The van der Waals surface area contributed by atoms with E-state index in [2.05, 4.69) is 4.90 Å². The van der Waals surface area contributed by atoms with E-state index in [0.29, 0.717) is 23.7 Å². The molecule has 5 aliphatic rings. The molecule has 5 rings (SSSR count). The standard InChI is InChI=1S/C16H24ClNO/c17-14-2-1-3-18(9-14)16(19)15-12-5-10-4-11(7-12)8-13(15)6-10/h10-15H,1-9H2. The number of hydrogen-bond donors (Lipinski definition) is 0. The maximum absolute atomic E-state index is 12.9. The summed E-state index contributed by atoms with van der Waals surface area (Å²) in [6.07, 6.45) is 8.97. The molecule has 2 nitrogen and oxygen atoms in total. The van der Waals surface area contributed by atoms with Gasteiger partial charge in [-0.1, -0.05) is 0 Å². The van der Waals surface area contributed by atoms with E-state index < -0.39 is 0 Å². The Hall–Kier alpha value is -0.240. The maximum Gasteiger partial charge on any atom is 0.226 e. The number of halogens is 1. The first-order chi connectivity index (χ1) is 9.20. The van der Waals surface area contributed by atoms with Gasteiger partial charge in [-0.25, -0.2) is 0 Å². The lowest BCUT2D eigenvalue weighted by molar-refractivity contribution is -0.149. The van der Waals surface area contributed by atoms with Crippen molar-refractivity contribution in [2.75, 3.05) is 13.1 Å². The Morgan fingerprint density at radius 2 is 1.63 bits per heavy atom. The highest BCUT2D eigenvalue weighted by atomic mass is 35.5. The van der Waals surface area contributed by atoms with Gasteiger partial charge in [-0.3, -0.25) is 4.79 Å². The minimum absolute atomic E-state index is 0.189. The second kappa shape index (κ2) is 4.65. The van der Waals surface area contributed by atoms with E-state index in [0.717, 1.165) is 37.8 Å². The zero-order valence-electron chi connectivity index (χ0n) is 11.6. The molecule has 4 aliphatic carbocycles. The van der Waals surface area contributed by atoms with Crippen molar-refractivity contribution in [2.24, 2.45) is 29.6 Å². The average Bonchev–Trinajstić information content (AvgIpc) is 2.37. The van der Waals surface area contributed by atoms with Gasteiger partial charge in [-0.2, -0.15) is 0 Å². The Kier molecular flexibility index (Phi) is 3.06. The molecule has 5 fully saturated rings. The van der Waals surface area contributed by atoms with Gasteiger partial charge < -0.3 is 4.90 Å². The third-order valence-corrected chi connectivity index (χ3v) is 6.54. The lowest BCUT2D eigenvalue weighted by atomic mass is 9.51. The van der Waals surface area contributed by atoms with Crippen molar-refractivity contribution in [1.29, 1.82) is 0 Å². The van der Waals surface area contributed by atoms with Crippen LogP contribution in [0.1, 0.15) is 44.9 Å². The molecule has 0 aromatic rings. The Balaban J connectivity index is 1.51. The second-order valence-electron chi connectivity index (χ2n) is 7.48. The third kappa shape index (κ3) is 2.11. The lowest BCUT2D eigenvalue weighted by Gasteiger charge is -2.54. The summed E-state index contributed by atoms with van der Waals surface area (Å²) in [6.45, 7) is 1.74. The van der Waals surface area contributed by atoms with Crippen LogP contribution in [0.5, 0.6) is 0 Å². The summed E-state index contributed by atoms with van der Waals surface area (Å²) < 4.78 is 0. The van der Waals surface area contributed by atoms with Crippen LogP contribution in [0.15, 0.2) is 0 Å². The highest BCUT2D eigenvalue weighted by Gasteiger charge is 2.51. The summed E-state index contributed by atoms with van der Waals surface area (Å²) in [7, 11) is 0. The summed E-state index contributed by atoms with van der Waals surface area (Å²) in [4.78, 5) is 15.0. The molecular weight excluding hydrogens is 258 g/mol. The molecule has 1 heterocycles. The van der Waals surface area contributed by atoms with Crippen LogP contribution in [-0.2, 0) is 4.79 Å². The molecule has 1 saturated heterocycles. The summed E-state index contributed by atoms with van der Waals surface area (Å²) in [5.41, 5.74) is 0. The van der Waals surface area contributed by atoms with Gasteiger partial charge in [-0.05, 0) is 68.6 Å². The number of carbonyl (C=O) groups is 1. The molecule has 0 N–H and O–H groups in total. The second-order valence-corrected chi connectivity index (χ2v) is 8.10. The monoisotopic (exact) mass is 281 g/mol. The van der Waals surface area contributed by atoms with Crippen LogP contribution < -0.4 is 0 Å². The van der Waals surface area contributed by atoms with Crippen molar-refractivity contribution in [1.82, 2.24) is 4.90 Å². The molecular formula is C16H24ClNO. The van der Waals surface area contributed by atoms with Crippen molar-refractivity contribution in [3.05, 3.63) is 0 Å². The van der Waals surface area contributed by atoms with Crippen LogP contribution in [0.2, 0.25) is 0 Å². The third-order valence-electron chi connectivity index (χ3n) is 6.19. The van der Waals surface area contributed by atoms with E-state index in [9.17, 15) is 4.79 Å². The van der Waals surface area contributed by atoms with Gasteiger partial charge in [0.25, 0.3) is 0 Å². The highest BCUT2D eigenvalue weighted by Crippen LogP contribution is 2.56. The smallest absolute Gasteiger partial charge is 0.226 e. The number of carbonyl (C=O) groups excluding carboxylic acids is 1. The van der Waals surface area contributed by atoms with Crippen LogP contribution in [-0.4, -0.2) is 29.3 Å². The zero-order chi connectivity index (χ0) is 13.0. The Bertz CT molecular complexity index is 355. The van der Waals surface area contributed by atoms with Crippen LogP contribution in [0.25, 0.3) is 0 Å². The molecule has 1 amide bonds. The van der Waals surface area contributed by atoms with Gasteiger partial charge in [0.2, 0.25) is 5.91 Å². The fourth-order valence-corrected chi connectivity index (χ4v) is 5.99. The zero-order valence-corrected chi connectivity index (χ0v) is 12.3. The van der Waals surface area contributed by atoms with Crippen molar-refractivity contribution in [2.45, 2.75) is 50.3 Å². The van der Waals surface area contributed by atoms with Crippen molar-refractivity contribution in [3.8, 4) is 0 Å². The summed E-state index contributed by atoms with van der Waals surface area (Å²) >= 11 is 6.25. The SMILES string of the molecule is O=C(C1C2CC3CC(C2)CC1C3)N1CCCC(Cl)C1. The largest absolute Gasteiger partial charge is 0.341 e. The minimum atomic E-state index is 0.189. The van der Waals surface area contributed by atoms with E-state index in [-0.39, 0.29) is 5.38 Å². The number of likely N-dealkylation sites (tertiary alicyclic amines) is 1. The fourth-order valence-electron chi connectivity index (χ4n) is 5.66. The van der Waals surface area contributed by atoms with Crippen LogP contribution >= 0.6 is 11.6 Å². The maximum atomic E-state index is 12.9. The molecule has 0 aromatic heterocycles. The molecule has 4 saturated carbocycles. The molecule has 19 heavy (non-hydrogen) atoms. The van der Waals surface area contributed by atoms with Gasteiger partial charge in [-0.15, -0.1) is 11.6 Å².